The van der Waals surface area contributed by atoms with Crippen molar-refractivity contribution < 1.29 is 8.78 Å². The molecule has 0 aliphatic heterocycles. The zero-order valence-corrected chi connectivity index (χ0v) is 12.3. The topological polar surface area (TPSA) is 21.1 Å². The van der Waals surface area contributed by atoms with Crippen LogP contribution in [0.1, 0.15) is 5.69 Å². The quantitative estimate of drug-likeness (QED) is 0.758. The summed E-state index contributed by atoms with van der Waals surface area (Å²) in [5, 5.41) is 6.13. The fourth-order valence-electron chi connectivity index (χ4n) is 2.17. The van der Waals surface area contributed by atoms with Gasteiger partial charge in [0.05, 0.1) is 17.8 Å². The normalized spacial score (nSPS) is 11.9. The second-order valence-electron chi connectivity index (χ2n) is 4.40. The molecule has 0 N–H and O–H groups in total. The molecule has 0 atom stereocenters. The molecule has 0 fully saturated rings. The van der Waals surface area contributed by atoms with Gasteiger partial charge < -0.3 is 0 Å². The Kier molecular flexibility index (Phi) is 4.87. The van der Waals surface area contributed by atoms with Crippen molar-refractivity contribution in [3.05, 3.63) is 30.0 Å². The van der Waals surface area contributed by atoms with Gasteiger partial charge in [-0.3, -0.25) is 9.58 Å². The molecule has 1 aromatic carbocycles. The van der Waals surface area contributed by atoms with E-state index in [0.717, 1.165) is 16.6 Å². The summed E-state index contributed by atoms with van der Waals surface area (Å²) in [6, 6.07) is 7.85. The lowest BCUT2D eigenvalue weighted by atomic mass is 10.2. The maximum atomic E-state index is 12.5. The Morgan fingerprint density at radius 3 is 2.79 bits per heavy atom. The van der Waals surface area contributed by atoms with Crippen molar-refractivity contribution in [2.75, 3.05) is 18.4 Å². The van der Waals surface area contributed by atoms with E-state index >= 15 is 0 Å². The molecular weight excluding hydrogens is 316 g/mol. The number of halogens is 3. The number of hydrogen-bond acceptors (Lipinski definition) is 2. The van der Waals surface area contributed by atoms with Crippen molar-refractivity contribution in [3.8, 4) is 0 Å². The predicted molar refractivity (Wildman–Crippen MR) is 75.8 cm³/mol. The molecule has 0 aliphatic carbocycles. The summed E-state index contributed by atoms with van der Waals surface area (Å²) in [7, 11) is 1.87. The highest BCUT2D eigenvalue weighted by Crippen LogP contribution is 2.19. The highest BCUT2D eigenvalue weighted by atomic mass is 79.9. The Hall–Kier alpha value is -1.01. The highest BCUT2D eigenvalue weighted by molar-refractivity contribution is 9.09. The number of rotatable bonds is 6. The van der Waals surface area contributed by atoms with Crippen LogP contribution in [-0.4, -0.2) is 39.5 Å². The molecular formula is C13H16BrF2N3. The molecule has 0 saturated heterocycles. The van der Waals surface area contributed by atoms with E-state index in [-0.39, 0.29) is 6.54 Å². The van der Waals surface area contributed by atoms with Gasteiger partial charge in [-0.05, 0) is 6.07 Å². The summed E-state index contributed by atoms with van der Waals surface area (Å²) in [5.74, 6) is 0. The fourth-order valence-corrected chi connectivity index (χ4v) is 2.67. The molecule has 2 rings (SSSR count). The zero-order valence-electron chi connectivity index (χ0n) is 10.7. The number of nitrogens with zero attached hydrogens (tertiary/aromatic N) is 3. The first-order valence-electron chi connectivity index (χ1n) is 6.09. The number of hydrogen-bond donors (Lipinski definition) is 0. The predicted octanol–water partition coefficient (Wildman–Crippen LogP) is 3.04. The van der Waals surface area contributed by atoms with Crippen LogP contribution in [0.2, 0.25) is 0 Å². The Morgan fingerprint density at radius 2 is 2.11 bits per heavy atom. The average molecular weight is 332 g/mol. The molecule has 0 aliphatic rings. The second kappa shape index (κ2) is 6.43. The monoisotopic (exact) mass is 331 g/mol. The minimum Gasteiger partial charge on any atom is -0.291 e. The molecule has 0 saturated carbocycles. The van der Waals surface area contributed by atoms with Gasteiger partial charge >= 0.3 is 0 Å². The number of para-hydroxylation sites is 1. The molecule has 19 heavy (non-hydrogen) atoms. The SMILES string of the molecule is Cn1nc(CN(CCBr)CC(F)F)c2ccccc21. The van der Waals surface area contributed by atoms with Crippen molar-refractivity contribution in [1.29, 1.82) is 0 Å². The van der Waals surface area contributed by atoms with Crippen molar-refractivity contribution >= 4 is 26.8 Å². The Bertz CT molecular complexity index is 542. The Balaban J connectivity index is 2.23. The second-order valence-corrected chi connectivity index (χ2v) is 5.20. The van der Waals surface area contributed by atoms with Crippen LogP contribution in [0.5, 0.6) is 0 Å². The summed E-state index contributed by atoms with van der Waals surface area (Å²) in [5.41, 5.74) is 1.87. The van der Waals surface area contributed by atoms with Gasteiger partial charge in [-0.2, -0.15) is 5.10 Å². The minimum atomic E-state index is -2.32. The molecule has 0 bridgehead atoms. The van der Waals surface area contributed by atoms with Crippen LogP contribution in [-0.2, 0) is 13.6 Å². The maximum absolute atomic E-state index is 12.5. The first-order valence-corrected chi connectivity index (χ1v) is 7.21. The molecule has 0 unspecified atom stereocenters. The maximum Gasteiger partial charge on any atom is 0.251 e. The van der Waals surface area contributed by atoms with Gasteiger partial charge in [0.1, 0.15) is 0 Å². The van der Waals surface area contributed by atoms with Crippen LogP contribution in [0.15, 0.2) is 24.3 Å². The lowest BCUT2D eigenvalue weighted by Gasteiger charge is -2.19. The van der Waals surface area contributed by atoms with Gasteiger partial charge in [0.15, 0.2) is 0 Å². The summed E-state index contributed by atoms with van der Waals surface area (Å²) < 4.78 is 26.9. The fraction of sp³-hybridized carbons (Fsp3) is 0.462. The molecule has 104 valence electrons. The van der Waals surface area contributed by atoms with Crippen molar-refractivity contribution in [2.24, 2.45) is 7.05 Å². The first kappa shape index (κ1) is 14.4. The number of aryl methyl sites for hydroxylation is 1. The lowest BCUT2D eigenvalue weighted by Crippen LogP contribution is -2.30. The average Bonchev–Trinajstić information content (AvgIpc) is 2.67. The van der Waals surface area contributed by atoms with Gasteiger partial charge in [0.25, 0.3) is 6.43 Å². The van der Waals surface area contributed by atoms with E-state index < -0.39 is 6.43 Å². The molecule has 1 aromatic heterocycles. The van der Waals surface area contributed by atoms with E-state index in [1.165, 1.54) is 0 Å². The first-order chi connectivity index (χ1) is 9.11. The number of aromatic nitrogens is 2. The highest BCUT2D eigenvalue weighted by Gasteiger charge is 2.15. The van der Waals surface area contributed by atoms with E-state index in [2.05, 4.69) is 21.0 Å². The van der Waals surface area contributed by atoms with Crippen LogP contribution in [0.3, 0.4) is 0 Å². The van der Waals surface area contributed by atoms with Crippen LogP contribution in [0.4, 0.5) is 8.78 Å². The van der Waals surface area contributed by atoms with Gasteiger partial charge in [-0.1, -0.05) is 34.1 Å². The zero-order chi connectivity index (χ0) is 13.8. The summed E-state index contributed by atoms with van der Waals surface area (Å²) >= 11 is 3.30. The summed E-state index contributed by atoms with van der Waals surface area (Å²) in [4.78, 5) is 1.72. The summed E-state index contributed by atoms with van der Waals surface area (Å²) in [6.45, 7) is 0.795. The summed E-state index contributed by atoms with van der Waals surface area (Å²) in [6.07, 6.45) is -2.32. The van der Waals surface area contributed by atoms with Gasteiger partial charge in [0, 0.05) is 30.9 Å². The standard InChI is InChI=1S/C13H16BrF2N3/c1-18-12-5-3-2-4-10(12)11(17-18)8-19(7-6-14)9-13(15)16/h2-5,13H,6-9H2,1H3. The molecule has 1 heterocycles. The van der Waals surface area contributed by atoms with Crippen LogP contribution >= 0.6 is 15.9 Å². The van der Waals surface area contributed by atoms with E-state index in [0.29, 0.717) is 18.4 Å². The van der Waals surface area contributed by atoms with Gasteiger partial charge in [-0.25, -0.2) is 8.78 Å². The number of alkyl halides is 3. The smallest absolute Gasteiger partial charge is 0.251 e. The van der Waals surface area contributed by atoms with Crippen LogP contribution in [0, 0.1) is 0 Å². The third kappa shape index (κ3) is 3.51. The molecule has 0 amide bonds. The third-order valence-corrected chi connectivity index (χ3v) is 3.36. The molecule has 6 heteroatoms. The third-order valence-electron chi connectivity index (χ3n) is 3.00. The van der Waals surface area contributed by atoms with E-state index in [1.807, 2.05) is 31.3 Å². The molecule has 3 nitrogen and oxygen atoms in total. The van der Waals surface area contributed by atoms with E-state index in [4.69, 9.17) is 0 Å². The van der Waals surface area contributed by atoms with Crippen molar-refractivity contribution in [1.82, 2.24) is 14.7 Å². The van der Waals surface area contributed by atoms with Crippen LogP contribution < -0.4 is 0 Å². The van der Waals surface area contributed by atoms with E-state index in [1.54, 1.807) is 9.58 Å². The van der Waals surface area contributed by atoms with Gasteiger partial charge in [-0.15, -0.1) is 0 Å². The lowest BCUT2D eigenvalue weighted by molar-refractivity contribution is 0.0876. The molecule has 0 radical (unpaired) electrons. The van der Waals surface area contributed by atoms with E-state index in [9.17, 15) is 8.78 Å². The largest absolute Gasteiger partial charge is 0.291 e. The Morgan fingerprint density at radius 1 is 1.37 bits per heavy atom. The number of benzene rings is 1. The van der Waals surface area contributed by atoms with Crippen LogP contribution in [0.25, 0.3) is 10.9 Å². The van der Waals surface area contributed by atoms with Gasteiger partial charge in [0.2, 0.25) is 0 Å². The van der Waals surface area contributed by atoms with Crippen molar-refractivity contribution in [3.63, 3.8) is 0 Å². The number of fused-ring (bicyclic) bond motifs is 1. The Labute approximate surface area is 119 Å². The minimum absolute atomic E-state index is 0.226. The van der Waals surface area contributed by atoms with Crippen molar-refractivity contribution in [2.45, 2.75) is 13.0 Å². The molecule has 0 spiro atoms. The molecule has 2 aromatic rings.